The number of imidazole rings is 1. The third-order valence-corrected chi connectivity index (χ3v) is 5.91. The highest BCUT2D eigenvalue weighted by Gasteiger charge is 2.32. The molecular weight excluding hydrogens is 288 g/mol. The minimum Gasteiger partial charge on any atom is -0.369 e. The van der Waals surface area contributed by atoms with Gasteiger partial charge in [0.15, 0.2) is 15.7 Å². The van der Waals surface area contributed by atoms with E-state index < -0.39 is 26.7 Å². The summed E-state index contributed by atoms with van der Waals surface area (Å²) in [5.41, 5.74) is 5.85. The van der Waals surface area contributed by atoms with Crippen LogP contribution in [-0.4, -0.2) is 29.0 Å². The standard InChI is InChI=1S/C12H13F2N3O2S/c13-7-4-9(14)11-10(5-7)17(12(15)16-11)6-8-2-1-3-20(8,18)19/h4-5,8H,1-3,6H2,(H2,15,16). The van der Waals surface area contributed by atoms with Crippen LogP contribution in [0, 0.1) is 11.6 Å². The van der Waals surface area contributed by atoms with Gasteiger partial charge in [-0.1, -0.05) is 0 Å². The van der Waals surface area contributed by atoms with E-state index in [1.807, 2.05) is 0 Å². The summed E-state index contributed by atoms with van der Waals surface area (Å²) in [6.45, 7) is 0.0769. The van der Waals surface area contributed by atoms with Gasteiger partial charge in [-0.15, -0.1) is 0 Å². The topological polar surface area (TPSA) is 78.0 Å². The molecule has 0 saturated carbocycles. The van der Waals surface area contributed by atoms with Crippen molar-refractivity contribution in [3.05, 3.63) is 23.8 Å². The van der Waals surface area contributed by atoms with Gasteiger partial charge in [0.2, 0.25) is 5.95 Å². The van der Waals surface area contributed by atoms with Crippen molar-refractivity contribution in [1.29, 1.82) is 0 Å². The summed E-state index contributed by atoms with van der Waals surface area (Å²) in [5, 5.41) is -0.575. The van der Waals surface area contributed by atoms with Crippen LogP contribution in [0.15, 0.2) is 12.1 Å². The van der Waals surface area contributed by atoms with Crippen LogP contribution in [0.1, 0.15) is 12.8 Å². The molecule has 5 nitrogen and oxygen atoms in total. The average Bonchev–Trinajstić information content (AvgIpc) is 2.83. The monoisotopic (exact) mass is 301 g/mol. The van der Waals surface area contributed by atoms with Gasteiger partial charge in [0, 0.05) is 18.7 Å². The van der Waals surface area contributed by atoms with E-state index in [1.165, 1.54) is 4.57 Å². The number of sulfone groups is 1. The summed E-state index contributed by atoms with van der Waals surface area (Å²) in [7, 11) is -3.16. The molecule has 8 heteroatoms. The lowest BCUT2D eigenvalue weighted by Crippen LogP contribution is -2.23. The number of fused-ring (bicyclic) bond motifs is 1. The maximum atomic E-state index is 13.6. The van der Waals surface area contributed by atoms with Crippen LogP contribution in [0.4, 0.5) is 14.7 Å². The van der Waals surface area contributed by atoms with E-state index in [2.05, 4.69) is 4.98 Å². The summed E-state index contributed by atoms with van der Waals surface area (Å²) in [6, 6.07) is 1.84. The Bertz CT molecular complexity index is 786. The Morgan fingerprint density at radius 3 is 2.80 bits per heavy atom. The molecule has 1 aromatic carbocycles. The minimum absolute atomic E-state index is 0.00778. The van der Waals surface area contributed by atoms with Gasteiger partial charge in [-0.25, -0.2) is 22.2 Å². The lowest BCUT2D eigenvalue weighted by molar-refractivity contribution is 0.570. The second-order valence-electron chi connectivity index (χ2n) is 4.97. The fraction of sp³-hybridized carbons (Fsp3) is 0.417. The zero-order chi connectivity index (χ0) is 14.5. The number of rotatable bonds is 2. The average molecular weight is 301 g/mol. The smallest absolute Gasteiger partial charge is 0.201 e. The van der Waals surface area contributed by atoms with E-state index >= 15 is 0 Å². The van der Waals surface area contributed by atoms with Crippen molar-refractivity contribution in [2.24, 2.45) is 0 Å². The summed E-state index contributed by atoms with van der Waals surface area (Å²) in [5.74, 6) is -1.41. The predicted molar refractivity (Wildman–Crippen MR) is 70.9 cm³/mol. The molecule has 0 aliphatic carbocycles. The SMILES string of the molecule is Nc1nc2c(F)cc(F)cc2n1CC1CCCS1(=O)=O. The van der Waals surface area contributed by atoms with Crippen LogP contribution in [0.5, 0.6) is 0 Å². The first-order valence-electron chi connectivity index (χ1n) is 6.21. The molecule has 20 heavy (non-hydrogen) atoms. The molecule has 2 N–H and O–H groups in total. The second-order valence-corrected chi connectivity index (χ2v) is 7.37. The Labute approximate surface area is 114 Å². The van der Waals surface area contributed by atoms with E-state index in [4.69, 9.17) is 5.73 Å². The lowest BCUT2D eigenvalue weighted by Gasteiger charge is -2.12. The van der Waals surface area contributed by atoms with Crippen molar-refractivity contribution in [3.8, 4) is 0 Å². The van der Waals surface area contributed by atoms with Crippen LogP contribution in [0.3, 0.4) is 0 Å². The largest absolute Gasteiger partial charge is 0.369 e. The highest BCUT2D eigenvalue weighted by Crippen LogP contribution is 2.27. The molecule has 0 spiro atoms. The molecule has 0 amide bonds. The summed E-state index contributed by atoms with van der Waals surface area (Å²) >= 11 is 0. The lowest BCUT2D eigenvalue weighted by atomic mass is 10.2. The van der Waals surface area contributed by atoms with Crippen LogP contribution < -0.4 is 5.73 Å². The maximum absolute atomic E-state index is 13.6. The Morgan fingerprint density at radius 2 is 2.15 bits per heavy atom. The molecule has 108 valence electrons. The van der Waals surface area contributed by atoms with E-state index in [-0.39, 0.29) is 29.3 Å². The van der Waals surface area contributed by atoms with Crippen LogP contribution in [0.2, 0.25) is 0 Å². The molecule has 1 aromatic heterocycles. The van der Waals surface area contributed by atoms with Crippen molar-refractivity contribution in [2.45, 2.75) is 24.6 Å². The third kappa shape index (κ3) is 2.04. The van der Waals surface area contributed by atoms with Gasteiger partial charge in [0.05, 0.1) is 16.5 Å². The molecule has 0 bridgehead atoms. The number of hydrogen-bond acceptors (Lipinski definition) is 4. The maximum Gasteiger partial charge on any atom is 0.201 e. The number of benzene rings is 1. The molecule has 2 aromatic rings. The molecule has 1 unspecified atom stereocenters. The van der Waals surface area contributed by atoms with E-state index in [0.717, 1.165) is 12.1 Å². The van der Waals surface area contributed by atoms with Gasteiger partial charge in [-0.3, -0.25) is 0 Å². The van der Waals surface area contributed by atoms with Gasteiger partial charge in [-0.05, 0) is 12.8 Å². The third-order valence-electron chi connectivity index (χ3n) is 3.65. The number of nitrogens with two attached hydrogens (primary N) is 1. The first-order valence-corrected chi connectivity index (χ1v) is 7.92. The van der Waals surface area contributed by atoms with Gasteiger partial charge in [-0.2, -0.15) is 0 Å². The molecule has 1 fully saturated rings. The van der Waals surface area contributed by atoms with Crippen molar-refractivity contribution in [1.82, 2.24) is 9.55 Å². The number of nitrogen functional groups attached to an aromatic ring is 1. The molecule has 1 atom stereocenters. The summed E-state index contributed by atoms with van der Waals surface area (Å²) in [4.78, 5) is 3.85. The van der Waals surface area contributed by atoms with Gasteiger partial charge >= 0.3 is 0 Å². The zero-order valence-electron chi connectivity index (χ0n) is 10.5. The zero-order valence-corrected chi connectivity index (χ0v) is 11.3. The predicted octanol–water partition coefficient (Wildman–Crippen LogP) is 1.47. The van der Waals surface area contributed by atoms with Crippen molar-refractivity contribution in [2.75, 3.05) is 11.5 Å². The Kier molecular flexibility index (Phi) is 2.93. The highest BCUT2D eigenvalue weighted by molar-refractivity contribution is 7.92. The summed E-state index contributed by atoms with van der Waals surface area (Å²) in [6.07, 6.45) is 1.13. The van der Waals surface area contributed by atoms with Crippen LogP contribution >= 0.6 is 0 Å². The molecule has 2 heterocycles. The number of anilines is 1. The quantitative estimate of drug-likeness (QED) is 0.911. The van der Waals surface area contributed by atoms with Gasteiger partial charge < -0.3 is 10.3 Å². The van der Waals surface area contributed by atoms with Crippen LogP contribution in [-0.2, 0) is 16.4 Å². The van der Waals surface area contributed by atoms with Crippen molar-refractivity contribution in [3.63, 3.8) is 0 Å². The Balaban J connectivity index is 2.10. The fourth-order valence-electron chi connectivity index (χ4n) is 2.63. The highest BCUT2D eigenvalue weighted by atomic mass is 32.2. The number of halogens is 2. The van der Waals surface area contributed by atoms with Gasteiger partial charge in [0.1, 0.15) is 11.3 Å². The number of aromatic nitrogens is 2. The first kappa shape index (κ1) is 13.3. The Hall–Kier alpha value is -1.70. The number of nitrogens with zero attached hydrogens (tertiary/aromatic N) is 2. The summed E-state index contributed by atoms with van der Waals surface area (Å²) < 4.78 is 52.0. The van der Waals surface area contributed by atoms with Crippen molar-refractivity contribution < 1.29 is 17.2 Å². The first-order chi connectivity index (χ1) is 9.38. The van der Waals surface area contributed by atoms with Crippen molar-refractivity contribution >= 4 is 26.8 Å². The fourth-order valence-corrected chi connectivity index (χ4v) is 4.43. The molecule has 3 rings (SSSR count). The van der Waals surface area contributed by atoms with Crippen LogP contribution in [0.25, 0.3) is 11.0 Å². The number of hydrogen-bond donors (Lipinski definition) is 1. The molecule has 1 aliphatic heterocycles. The van der Waals surface area contributed by atoms with Gasteiger partial charge in [0.25, 0.3) is 0 Å². The molecule has 1 saturated heterocycles. The molecular formula is C12H13F2N3O2S. The van der Waals surface area contributed by atoms with E-state index in [0.29, 0.717) is 12.8 Å². The van der Waals surface area contributed by atoms with E-state index in [1.54, 1.807) is 0 Å². The van der Waals surface area contributed by atoms with E-state index in [9.17, 15) is 17.2 Å². The molecule has 0 radical (unpaired) electrons. The Morgan fingerprint density at radius 1 is 1.40 bits per heavy atom. The molecule has 1 aliphatic rings. The minimum atomic E-state index is -3.16. The normalized spacial score (nSPS) is 21.6. The second kappa shape index (κ2) is 4.41.